The molecule has 5 fully saturated rings. The van der Waals surface area contributed by atoms with Gasteiger partial charge in [-0.15, -0.1) is 0 Å². The zero-order valence-electron chi connectivity index (χ0n) is 33.3. The number of ether oxygens (including phenoxy) is 2. The van der Waals surface area contributed by atoms with Gasteiger partial charge in [0.2, 0.25) is 0 Å². The minimum absolute atomic E-state index is 0.0226. The quantitative estimate of drug-likeness (QED) is 0.188. The molecule has 2 N–H and O–H groups in total. The number of phenols is 2. The first kappa shape index (κ1) is 41.2. The van der Waals surface area contributed by atoms with Gasteiger partial charge in [0.15, 0.2) is 11.5 Å². The summed E-state index contributed by atoms with van der Waals surface area (Å²) < 4.78 is 12.3. The summed E-state index contributed by atoms with van der Waals surface area (Å²) in [6.45, 7) is 25.2. The predicted octanol–water partition coefficient (Wildman–Crippen LogP) is 11.4. The van der Waals surface area contributed by atoms with Crippen LogP contribution in [0.4, 0.5) is 0 Å². The van der Waals surface area contributed by atoms with Crippen LogP contribution in [0.5, 0.6) is 11.5 Å². The third kappa shape index (κ3) is 9.17. The van der Waals surface area contributed by atoms with Crippen molar-refractivity contribution in [1.82, 2.24) is 0 Å². The molecule has 1 aromatic rings. The maximum Gasteiger partial charge on any atom is 0.312 e. The fraction of sp³-hybridized carbons (Fsp3) is 0.814. The van der Waals surface area contributed by atoms with Gasteiger partial charge in [-0.05, 0) is 164 Å². The van der Waals surface area contributed by atoms with E-state index in [4.69, 9.17) is 14.6 Å². The van der Waals surface area contributed by atoms with Crippen LogP contribution in [-0.4, -0.2) is 33.4 Å². The van der Waals surface area contributed by atoms with Gasteiger partial charge in [-0.1, -0.05) is 61.5 Å². The monoisotopic (exact) mass is 685 g/mol. The Kier molecular flexibility index (Phi) is 13.8. The lowest BCUT2D eigenvalue weighted by Crippen LogP contribution is -2.63. The standard InChI is InChI=1S/C19H32O2.C14H26O2.C10H14O2/c1-6-18(4,5)17(20)21-19(12(2)3)15-8-13-7-14(10-15)11-16(19)9-13;1-6-13(4,5)12(15)16-14(11(2)3)9-7-8-10-14;1-3-7(2)8-4-5-9(11)10(12)6-8/h12-16H,6-11H2,1-5H3;11H,6-10H2,1-5H3;4-7,11-12H,3H2,1-2H3. The fourth-order valence-electron chi connectivity index (χ4n) is 8.91. The van der Waals surface area contributed by atoms with E-state index in [0.717, 1.165) is 49.5 Å². The highest BCUT2D eigenvalue weighted by Gasteiger charge is 2.61. The molecular weight excluding hydrogens is 612 g/mol. The van der Waals surface area contributed by atoms with Gasteiger partial charge in [0.05, 0.1) is 10.8 Å². The molecule has 0 aliphatic heterocycles. The number of carbonyl (C=O) groups is 2. The van der Waals surface area contributed by atoms with Gasteiger partial charge in [0.1, 0.15) is 11.2 Å². The van der Waals surface area contributed by atoms with Crippen LogP contribution in [0.25, 0.3) is 0 Å². The molecular formula is C43H72O6. The van der Waals surface area contributed by atoms with Crippen LogP contribution in [0.15, 0.2) is 18.2 Å². The normalized spacial score (nSPS) is 27.6. The fourth-order valence-corrected chi connectivity index (χ4v) is 8.91. The molecule has 5 aliphatic carbocycles. The van der Waals surface area contributed by atoms with E-state index in [2.05, 4.69) is 48.5 Å². The highest BCUT2D eigenvalue weighted by Crippen LogP contribution is 2.62. The van der Waals surface area contributed by atoms with Crippen molar-refractivity contribution in [3.63, 3.8) is 0 Å². The molecule has 1 unspecified atom stereocenters. The largest absolute Gasteiger partial charge is 0.504 e. The van der Waals surface area contributed by atoms with Crippen molar-refractivity contribution in [3.05, 3.63) is 23.8 Å². The van der Waals surface area contributed by atoms with E-state index in [-0.39, 0.29) is 45.5 Å². The Morgan fingerprint density at radius 3 is 1.59 bits per heavy atom. The SMILES string of the molecule is CCC(C)(C)C(=O)OC1(C(C)C)C2CC3CC(C2)CC1C3.CCC(C)(C)C(=O)OC1(C(C)C)CCCC1.CCC(C)c1ccc(O)c(O)c1. The summed E-state index contributed by atoms with van der Waals surface area (Å²) in [5, 5.41) is 18.2. The minimum Gasteiger partial charge on any atom is -0.504 e. The van der Waals surface area contributed by atoms with Crippen molar-refractivity contribution in [2.75, 3.05) is 0 Å². The lowest BCUT2D eigenvalue weighted by molar-refractivity contribution is -0.231. The summed E-state index contributed by atoms with van der Waals surface area (Å²) >= 11 is 0. The number of esters is 2. The molecule has 0 aromatic heterocycles. The van der Waals surface area contributed by atoms with Crippen LogP contribution in [-0.2, 0) is 19.1 Å². The highest BCUT2D eigenvalue weighted by atomic mass is 16.6. The van der Waals surface area contributed by atoms with E-state index >= 15 is 0 Å². The summed E-state index contributed by atoms with van der Waals surface area (Å²) in [4.78, 5) is 24.9. The lowest BCUT2D eigenvalue weighted by atomic mass is 9.47. The number of benzene rings is 1. The second kappa shape index (κ2) is 16.4. The van der Waals surface area contributed by atoms with Crippen LogP contribution in [0.3, 0.4) is 0 Å². The van der Waals surface area contributed by atoms with E-state index in [9.17, 15) is 14.7 Å². The zero-order chi connectivity index (χ0) is 36.9. The average molecular weight is 685 g/mol. The predicted molar refractivity (Wildman–Crippen MR) is 199 cm³/mol. The van der Waals surface area contributed by atoms with Crippen LogP contribution >= 0.6 is 0 Å². The van der Waals surface area contributed by atoms with Crippen molar-refractivity contribution in [1.29, 1.82) is 0 Å². The van der Waals surface area contributed by atoms with Gasteiger partial charge in [0, 0.05) is 0 Å². The van der Waals surface area contributed by atoms with E-state index < -0.39 is 0 Å². The number of phenolic OH excluding ortho intramolecular Hbond substituents is 2. The van der Waals surface area contributed by atoms with Crippen molar-refractivity contribution in [3.8, 4) is 11.5 Å². The van der Waals surface area contributed by atoms with Crippen LogP contribution in [0.2, 0.25) is 0 Å². The molecule has 5 saturated carbocycles. The average Bonchev–Trinajstić information content (AvgIpc) is 3.53. The van der Waals surface area contributed by atoms with Gasteiger partial charge in [-0.25, -0.2) is 0 Å². The second-order valence-electron chi connectivity index (χ2n) is 18.1. The summed E-state index contributed by atoms with van der Waals surface area (Å²) in [6, 6.07) is 4.98. The first-order chi connectivity index (χ1) is 22.8. The third-order valence-corrected chi connectivity index (χ3v) is 13.4. The van der Waals surface area contributed by atoms with Crippen molar-refractivity contribution in [2.24, 2.45) is 46.3 Å². The van der Waals surface area contributed by atoms with E-state index in [0.29, 0.717) is 29.6 Å². The molecule has 0 saturated heterocycles. The van der Waals surface area contributed by atoms with Gasteiger partial charge in [-0.3, -0.25) is 9.59 Å². The van der Waals surface area contributed by atoms with Crippen molar-refractivity contribution >= 4 is 11.9 Å². The lowest BCUT2D eigenvalue weighted by Gasteiger charge is -2.62. The van der Waals surface area contributed by atoms with E-state index in [1.54, 1.807) is 6.07 Å². The van der Waals surface area contributed by atoms with E-state index in [1.165, 1.54) is 51.0 Å². The summed E-state index contributed by atoms with van der Waals surface area (Å²) in [5.41, 5.74) is 0.0226. The van der Waals surface area contributed by atoms with Gasteiger partial charge >= 0.3 is 11.9 Å². The Morgan fingerprint density at radius 1 is 0.735 bits per heavy atom. The van der Waals surface area contributed by atoms with Crippen molar-refractivity contribution in [2.45, 2.75) is 177 Å². The molecule has 1 aromatic carbocycles. The Labute approximate surface area is 299 Å². The Morgan fingerprint density at radius 2 is 1.20 bits per heavy atom. The van der Waals surface area contributed by atoms with Gasteiger partial charge < -0.3 is 19.7 Å². The van der Waals surface area contributed by atoms with Crippen LogP contribution < -0.4 is 0 Å². The Hall–Kier alpha value is -2.24. The maximum absolute atomic E-state index is 12.8. The smallest absolute Gasteiger partial charge is 0.312 e. The van der Waals surface area contributed by atoms with Crippen molar-refractivity contribution < 1.29 is 29.3 Å². The number of carbonyl (C=O) groups excluding carboxylic acids is 2. The number of hydrogen-bond acceptors (Lipinski definition) is 6. The summed E-state index contributed by atoms with van der Waals surface area (Å²) in [6.07, 6.45) is 13.8. The first-order valence-electron chi connectivity index (χ1n) is 19.8. The third-order valence-electron chi connectivity index (χ3n) is 13.4. The van der Waals surface area contributed by atoms with E-state index in [1.807, 2.05) is 40.7 Å². The molecule has 1 atom stereocenters. The molecule has 4 bridgehead atoms. The van der Waals surface area contributed by atoms with Gasteiger partial charge in [-0.2, -0.15) is 0 Å². The molecule has 280 valence electrons. The Bertz CT molecular complexity index is 1210. The number of rotatable bonds is 10. The molecule has 6 nitrogen and oxygen atoms in total. The molecule has 6 rings (SSSR count). The van der Waals surface area contributed by atoms with Crippen LogP contribution in [0.1, 0.15) is 172 Å². The van der Waals surface area contributed by atoms with Crippen LogP contribution in [0, 0.1) is 46.3 Å². The molecule has 0 spiro atoms. The Balaban J connectivity index is 0.000000208. The topological polar surface area (TPSA) is 93.1 Å². The maximum atomic E-state index is 12.8. The molecule has 5 aliphatic rings. The molecule has 0 amide bonds. The number of aromatic hydroxyl groups is 2. The molecule has 0 heterocycles. The minimum atomic E-state index is -0.351. The zero-order valence-corrected chi connectivity index (χ0v) is 33.3. The molecule has 49 heavy (non-hydrogen) atoms. The highest BCUT2D eigenvalue weighted by molar-refractivity contribution is 5.77. The second-order valence-corrected chi connectivity index (χ2v) is 18.1. The molecule has 6 heteroatoms. The summed E-state index contributed by atoms with van der Waals surface area (Å²) in [5.74, 6) is 4.27. The number of hydrogen-bond donors (Lipinski definition) is 2. The first-order valence-corrected chi connectivity index (χ1v) is 19.8. The summed E-state index contributed by atoms with van der Waals surface area (Å²) in [7, 11) is 0. The van der Waals surface area contributed by atoms with Gasteiger partial charge in [0.25, 0.3) is 0 Å². The molecule has 0 radical (unpaired) electrons.